The van der Waals surface area contributed by atoms with Gasteiger partial charge < -0.3 is 14.7 Å². The molecular weight excluding hydrogens is 467 g/mol. The van der Waals surface area contributed by atoms with Crippen LogP contribution in [0.1, 0.15) is 43.4 Å². The average Bonchev–Trinajstić information content (AvgIpc) is 2.92. The average molecular weight is 490 g/mol. The molecule has 2 heterocycles. The van der Waals surface area contributed by atoms with Crippen molar-refractivity contribution in [2.75, 3.05) is 16.4 Å². The monoisotopic (exact) mass is 489 g/mol. The first-order chi connectivity index (χ1) is 16.0. The van der Waals surface area contributed by atoms with Gasteiger partial charge in [-0.15, -0.1) is 0 Å². The van der Waals surface area contributed by atoms with Crippen LogP contribution in [0.5, 0.6) is 5.75 Å². The van der Waals surface area contributed by atoms with Gasteiger partial charge >= 0.3 is 6.18 Å². The van der Waals surface area contributed by atoms with Crippen LogP contribution in [0.3, 0.4) is 0 Å². The van der Waals surface area contributed by atoms with Crippen LogP contribution in [0.15, 0.2) is 36.4 Å². The van der Waals surface area contributed by atoms with Crippen LogP contribution >= 0.6 is 12.2 Å². The predicted molar refractivity (Wildman–Crippen MR) is 124 cm³/mol. The lowest BCUT2D eigenvalue weighted by Gasteiger charge is -2.30. The molecule has 178 valence electrons. The number of halogens is 3. The number of hydrogen-bond acceptors (Lipinski definition) is 5. The van der Waals surface area contributed by atoms with Crippen molar-refractivity contribution in [3.63, 3.8) is 0 Å². The number of aliphatic hydroxyl groups excluding tert-OH is 1. The number of thiocarbonyl (C=S) groups is 1. The third kappa shape index (κ3) is 3.99. The Morgan fingerprint density at radius 2 is 1.94 bits per heavy atom. The lowest BCUT2D eigenvalue weighted by molar-refractivity contribution is -0.137. The summed E-state index contributed by atoms with van der Waals surface area (Å²) in [7, 11) is 0. The molecule has 10 heteroatoms. The summed E-state index contributed by atoms with van der Waals surface area (Å²) in [5, 5.41) is 18.6. The number of nitrogens with zero attached hydrogens (tertiary/aromatic N) is 3. The SMILES string of the molecule is CC1(C)C(=O)N(c2ccc(C#N)c(C(F)(F)F)c2)C(=S)N1c1ccc2c(c1)CCC[C@H](CO)O2. The molecule has 0 radical (unpaired) electrons. The number of amides is 1. The molecule has 6 nitrogen and oxygen atoms in total. The van der Waals surface area contributed by atoms with Crippen LogP contribution in [-0.2, 0) is 17.4 Å². The summed E-state index contributed by atoms with van der Waals surface area (Å²) in [4.78, 5) is 16.1. The van der Waals surface area contributed by atoms with Gasteiger partial charge in [-0.25, -0.2) is 0 Å². The molecule has 0 saturated carbocycles. The summed E-state index contributed by atoms with van der Waals surface area (Å²) in [6.45, 7) is 3.22. The molecule has 2 aliphatic heterocycles. The Morgan fingerprint density at radius 1 is 1.24 bits per heavy atom. The fourth-order valence-corrected chi connectivity index (χ4v) is 4.88. The number of hydrogen-bond donors (Lipinski definition) is 1. The summed E-state index contributed by atoms with van der Waals surface area (Å²) in [6.07, 6.45) is -2.81. The molecule has 2 aromatic carbocycles. The van der Waals surface area contributed by atoms with E-state index in [1.54, 1.807) is 36.9 Å². The van der Waals surface area contributed by atoms with E-state index in [9.17, 15) is 23.1 Å². The first kappa shape index (κ1) is 24.0. The van der Waals surface area contributed by atoms with Gasteiger partial charge in [0.05, 0.1) is 29.5 Å². The molecule has 0 aliphatic carbocycles. The lowest BCUT2D eigenvalue weighted by Crippen LogP contribution is -2.44. The van der Waals surface area contributed by atoms with Crippen LogP contribution in [0.4, 0.5) is 24.5 Å². The number of aryl methyl sites for hydroxylation is 1. The van der Waals surface area contributed by atoms with E-state index in [-0.39, 0.29) is 23.5 Å². The summed E-state index contributed by atoms with van der Waals surface area (Å²) >= 11 is 5.59. The van der Waals surface area contributed by atoms with Crippen molar-refractivity contribution in [2.45, 2.75) is 50.9 Å². The Labute approximate surface area is 200 Å². The Kier molecular flexibility index (Phi) is 6.04. The van der Waals surface area contributed by atoms with E-state index in [0.717, 1.165) is 29.0 Å². The molecule has 34 heavy (non-hydrogen) atoms. The van der Waals surface area contributed by atoms with E-state index in [2.05, 4.69) is 0 Å². The number of aliphatic hydroxyl groups is 1. The molecule has 4 rings (SSSR count). The molecule has 1 N–H and O–H groups in total. The first-order valence-electron chi connectivity index (χ1n) is 10.7. The van der Waals surface area contributed by atoms with E-state index in [1.165, 1.54) is 6.07 Å². The normalized spacial score (nSPS) is 20.0. The zero-order valence-corrected chi connectivity index (χ0v) is 19.3. The van der Waals surface area contributed by atoms with Gasteiger partial charge in [-0.1, -0.05) is 0 Å². The van der Waals surface area contributed by atoms with Gasteiger partial charge in [0.2, 0.25) is 0 Å². The van der Waals surface area contributed by atoms with Gasteiger partial charge in [-0.3, -0.25) is 9.69 Å². The number of carbonyl (C=O) groups excluding carboxylic acids is 1. The molecule has 1 fully saturated rings. The number of ether oxygens (including phenoxy) is 1. The molecule has 0 bridgehead atoms. The van der Waals surface area contributed by atoms with Gasteiger partial charge in [-0.05, 0) is 87.3 Å². The maximum Gasteiger partial charge on any atom is 0.417 e. The number of rotatable bonds is 3. The highest BCUT2D eigenvalue weighted by Crippen LogP contribution is 2.41. The molecule has 0 spiro atoms. The number of alkyl halides is 3. The second kappa shape index (κ2) is 8.56. The number of anilines is 2. The Morgan fingerprint density at radius 3 is 2.59 bits per heavy atom. The molecule has 0 aromatic heterocycles. The Bertz CT molecular complexity index is 1210. The molecule has 0 unspecified atom stereocenters. The number of fused-ring (bicyclic) bond motifs is 1. The number of carbonyl (C=O) groups is 1. The largest absolute Gasteiger partial charge is 0.488 e. The summed E-state index contributed by atoms with van der Waals surface area (Å²) in [5.41, 5.74) is -1.37. The quantitative estimate of drug-likeness (QED) is 0.637. The van der Waals surface area contributed by atoms with Crippen molar-refractivity contribution in [3.8, 4) is 11.8 Å². The van der Waals surface area contributed by atoms with Gasteiger partial charge in [0, 0.05) is 5.69 Å². The minimum Gasteiger partial charge on any atom is -0.488 e. The van der Waals surface area contributed by atoms with E-state index >= 15 is 0 Å². The third-order valence-corrected chi connectivity index (χ3v) is 6.49. The van der Waals surface area contributed by atoms with Crippen molar-refractivity contribution < 1.29 is 27.8 Å². The Hall–Kier alpha value is -3.16. The fraction of sp³-hybridized carbons (Fsp3) is 0.375. The minimum absolute atomic E-state index is 0.0376. The third-order valence-electron chi connectivity index (χ3n) is 6.13. The van der Waals surface area contributed by atoms with Crippen molar-refractivity contribution >= 4 is 34.6 Å². The smallest absolute Gasteiger partial charge is 0.417 e. The maximum atomic E-state index is 13.5. The summed E-state index contributed by atoms with van der Waals surface area (Å²) < 4.78 is 46.4. The van der Waals surface area contributed by atoms with Crippen molar-refractivity contribution in [3.05, 3.63) is 53.1 Å². The maximum absolute atomic E-state index is 13.5. The predicted octanol–water partition coefficient (Wildman–Crippen LogP) is 4.57. The van der Waals surface area contributed by atoms with Crippen LogP contribution in [0.25, 0.3) is 0 Å². The molecule has 2 aromatic rings. The topological polar surface area (TPSA) is 76.8 Å². The van der Waals surface area contributed by atoms with Gasteiger partial charge in [-0.2, -0.15) is 18.4 Å². The highest BCUT2D eigenvalue weighted by molar-refractivity contribution is 7.81. The first-order valence-corrected chi connectivity index (χ1v) is 11.1. The van der Waals surface area contributed by atoms with E-state index in [4.69, 9.17) is 22.2 Å². The van der Waals surface area contributed by atoms with Crippen LogP contribution < -0.4 is 14.5 Å². The minimum atomic E-state index is -4.76. The van der Waals surface area contributed by atoms with Crippen molar-refractivity contribution in [1.29, 1.82) is 5.26 Å². The molecular formula is C24H22F3N3O3S. The molecule has 1 saturated heterocycles. The summed E-state index contributed by atoms with van der Waals surface area (Å²) in [5.74, 6) is 0.162. The van der Waals surface area contributed by atoms with E-state index in [0.29, 0.717) is 24.3 Å². The van der Waals surface area contributed by atoms with E-state index in [1.807, 2.05) is 6.07 Å². The molecule has 1 atom stereocenters. The fourth-order valence-electron chi connectivity index (χ4n) is 4.36. The van der Waals surface area contributed by atoms with Gasteiger partial charge in [0.15, 0.2) is 5.11 Å². The zero-order chi connectivity index (χ0) is 24.8. The second-order valence-electron chi connectivity index (χ2n) is 8.76. The highest BCUT2D eigenvalue weighted by Gasteiger charge is 2.50. The van der Waals surface area contributed by atoms with E-state index < -0.39 is 28.7 Å². The summed E-state index contributed by atoms with van der Waals surface area (Å²) in [6, 6.07) is 10.0. The highest BCUT2D eigenvalue weighted by atomic mass is 32.1. The molecule has 2 aliphatic rings. The van der Waals surface area contributed by atoms with Gasteiger partial charge in [0.1, 0.15) is 17.4 Å². The lowest BCUT2D eigenvalue weighted by atomic mass is 10.0. The van der Waals surface area contributed by atoms with Crippen molar-refractivity contribution in [1.82, 2.24) is 0 Å². The Balaban J connectivity index is 1.74. The second-order valence-corrected chi connectivity index (χ2v) is 9.13. The van der Waals surface area contributed by atoms with Gasteiger partial charge in [0.25, 0.3) is 5.91 Å². The number of benzene rings is 2. The molecule has 1 amide bonds. The standard InChI is InChI=1S/C24H22F3N3O3S/c1-23(2)21(32)29(16-7-6-15(12-28)19(11-16)24(25,26)27)22(34)30(23)17-8-9-20-14(10-17)4-3-5-18(13-31)33-20/h6-11,18,31H,3-5,13H2,1-2H3/t18-/m1/s1. The van der Waals surface area contributed by atoms with Crippen LogP contribution in [0.2, 0.25) is 0 Å². The van der Waals surface area contributed by atoms with Crippen LogP contribution in [-0.4, -0.2) is 34.4 Å². The zero-order valence-electron chi connectivity index (χ0n) is 18.5. The number of nitriles is 1. The van der Waals surface area contributed by atoms with Crippen molar-refractivity contribution in [2.24, 2.45) is 0 Å². The van der Waals surface area contributed by atoms with Crippen LogP contribution in [0, 0.1) is 11.3 Å².